The summed E-state index contributed by atoms with van der Waals surface area (Å²) in [5.74, 6) is 0.886. The third-order valence-electron chi connectivity index (χ3n) is 6.45. The number of nitrogens with zero attached hydrogens (tertiary/aromatic N) is 6. The van der Waals surface area contributed by atoms with Crippen molar-refractivity contribution < 1.29 is 0 Å². The Hall–Kier alpha value is -3.13. The molecule has 0 spiro atoms. The molecule has 1 fully saturated rings. The highest BCUT2D eigenvalue weighted by Crippen LogP contribution is 2.33. The van der Waals surface area contributed by atoms with Gasteiger partial charge in [-0.1, -0.05) is 66.7 Å². The summed E-state index contributed by atoms with van der Waals surface area (Å²) in [6.45, 7) is 9.19. The summed E-state index contributed by atoms with van der Waals surface area (Å²) in [6.07, 6.45) is 4.47. The van der Waals surface area contributed by atoms with Crippen LogP contribution in [0.5, 0.6) is 0 Å². The van der Waals surface area contributed by atoms with Gasteiger partial charge in [-0.2, -0.15) is 4.68 Å². The molecule has 0 unspecified atom stereocenters. The monoisotopic (exact) mass is 470 g/mol. The number of tetrazole rings is 1. The minimum atomic E-state index is 0.0380. The second kappa shape index (κ2) is 10.4. The van der Waals surface area contributed by atoms with E-state index in [0.717, 1.165) is 44.2 Å². The van der Waals surface area contributed by atoms with Crippen LogP contribution < -0.4 is 0 Å². The third-order valence-corrected chi connectivity index (χ3v) is 7.37. The molecule has 0 amide bonds. The lowest BCUT2D eigenvalue weighted by molar-refractivity contribution is 0.115. The molecule has 0 saturated carbocycles. The summed E-state index contributed by atoms with van der Waals surface area (Å²) < 4.78 is 1.95. The predicted octanol–water partition coefficient (Wildman–Crippen LogP) is 4.76. The molecule has 6 nitrogen and oxygen atoms in total. The van der Waals surface area contributed by atoms with E-state index in [1.807, 2.05) is 4.68 Å². The smallest absolute Gasteiger partial charge is 0.179 e. The van der Waals surface area contributed by atoms with Crippen molar-refractivity contribution >= 4 is 17.4 Å². The van der Waals surface area contributed by atoms with Gasteiger partial charge in [0.25, 0.3) is 0 Å². The van der Waals surface area contributed by atoms with Gasteiger partial charge in [0, 0.05) is 37.6 Å². The van der Waals surface area contributed by atoms with Crippen molar-refractivity contribution in [3.8, 4) is 5.69 Å². The number of hydrogen-bond acceptors (Lipinski definition) is 6. The maximum absolute atomic E-state index is 4.55. The Morgan fingerprint density at radius 3 is 2.38 bits per heavy atom. The zero-order chi connectivity index (χ0) is 23.3. The first-order valence-corrected chi connectivity index (χ1v) is 12.6. The number of para-hydroxylation sites is 1. The van der Waals surface area contributed by atoms with Crippen LogP contribution in [0.2, 0.25) is 0 Å². The molecular weight excluding hydrogens is 440 g/mol. The SMILES string of the molecule is Cc1cccc(C)c1-n1nnnc1[C@H](c1cccs1)N1CCN(C/C=C/c2ccccc2)CC1. The lowest BCUT2D eigenvalue weighted by Crippen LogP contribution is -2.48. The lowest BCUT2D eigenvalue weighted by atomic mass is 10.1. The van der Waals surface area contributed by atoms with Crippen LogP contribution in [-0.2, 0) is 0 Å². The number of hydrogen-bond donors (Lipinski definition) is 0. The van der Waals surface area contributed by atoms with Crippen LogP contribution in [-0.4, -0.2) is 62.7 Å². The average Bonchev–Trinajstić information content (AvgIpc) is 3.55. The van der Waals surface area contributed by atoms with E-state index in [1.54, 1.807) is 11.3 Å². The van der Waals surface area contributed by atoms with Gasteiger partial charge in [0.05, 0.1) is 5.69 Å². The van der Waals surface area contributed by atoms with E-state index in [-0.39, 0.29) is 6.04 Å². The van der Waals surface area contributed by atoms with Crippen molar-refractivity contribution in [2.24, 2.45) is 0 Å². The van der Waals surface area contributed by atoms with Crippen molar-refractivity contribution in [3.63, 3.8) is 0 Å². The topological polar surface area (TPSA) is 50.1 Å². The molecule has 34 heavy (non-hydrogen) atoms. The second-order valence-electron chi connectivity index (χ2n) is 8.76. The predicted molar refractivity (Wildman–Crippen MR) is 138 cm³/mol. The highest BCUT2D eigenvalue weighted by atomic mass is 32.1. The summed E-state index contributed by atoms with van der Waals surface area (Å²) >= 11 is 1.77. The van der Waals surface area contributed by atoms with Gasteiger partial charge >= 0.3 is 0 Å². The quantitative estimate of drug-likeness (QED) is 0.390. The molecule has 0 N–H and O–H groups in total. The van der Waals surface area contributed by atoms with Gasteiger partial charge in [-0.25, -0.2) is 0 Å². The number of rotatable bonds is 7. The van der Waals surface area contributed by atoms with Crippen molar-refractivity contribution in [1.82, 2.24) is 30.0 Å². The lowest BCUT2D eigenvalue weighted by Gasteiger charge is -2.38. The Balaban J connectivity index is 1.35. The summed E-state index contributed by atoms with van der Waals surface area (Å²) in [5.41, 5.74) is 4.67. The molecule has 3 heterocycles. The van der Waals surface area contributed by atoms with Crippen molar-refractivity contribution in [2.75, 3.05) is 32.7 Å². The number of aryl methyl sites for hydroxylation is 2. The zero-order valence-corrected chi connectivity index (χ0v) is 20.5. The summed E-state index contributed by atoms with van der Waals surface area (Å²) in [5, 5.41) is 15.2. The van der Waals surface area contributed by atoms with Gasteiger partial charge in [-0.15, -0.1) is 16.4 Å². The molecule has 1 aliphatic rings. The molecule has 0 bridgehead atoms. The molecular formula is C27H30N6S. The standard InChI is InChI=1S/C27H30N6S/c1-21-9-6-10-22(2)25(21)33-27(28-29-30-33)26(24-14-8-20-34-24)32-18-16-31(17-19-32)15-7-13-23-11-4-3-5-12-23/h3-14,20,26H,15-19H2,1-2H3/b13-7+/t26-/m0/s1. The van der Waals surface area contributed by atoms with Gasteiger partial charge in [-0.05, 0) is 52.4 Å². The number of aromatic nitrogens is 4. The molecule has 4 aromatic rings. The second-order valence-corrected chi connectivity index (χ2v) is 9.74. The Morgan fingerprint density at radius 1 is 0.912 bits per heavy atom. The van der Waals surface area contributed by atoms with Crippen LogP contribution in [0.3, 0.4) is 0 Å². The molecule has 7 heteroatoms. The van der Waals surface area contributed by atoms with Crippen LogP contribution >= 0.6 is 11.3 Å². The van der Waals surface area contributed by atoms with E-state index in [1.165, 1.54) is 21.6 Å². The summed E-state index contributed by atoms with van der Waals surface area (Å²) in [6, 6.07) is 21.2. The fourth-order valence-electron chi connectivity index (χ4n) is 4.69. The van der Waals surface area contributed by atoms with E-state index in [4.69, 9.17) is 0 Å². The molecule has 174 valence electrons. The Bertz CT molecular complexity index is 1200. The zero-order valence-electron chi connectivity index (χ0n) is 19.7. The normalized spacial score (nSPS) is 16.3. The van der Waals surface area contributed by atoms with Gasteiger partial charge in [0.1, 0.15) is 6.04 Å². The summed E-state index contributed by atoms with van der Waals surface area (Å²) in [4.78, 5) is 6.31. The highest BCUT2D eigenvalue weighted by Gasteiger charge is 2.32. The number of piperazine rings is 1. The van der Waals surface area contributed by atoms with Crippen LogP contribution in [0, 0.1) is 13.8 Å². The maximum atomic E-state index is 4.55. The first kappa shape index (κ1) is 22.7. The van der Waals surface area contributed by atoms with E-state index >= 15 is 0 Å². The van der Waals surface area contributed by atoms with Gasteiger partial charge in [-0.3, -0.25) is 9.80 Å². The largest absolute Gasteiger partial charge is 0.297 e. The average molecular weight is 471 g/mol. The molecule has 1 saturated heterocycles. The molecule has 5 rings (SSSR count). The van der Waals surface area contributed by atoms with Crippen LogP contribution in [0.15, 0.2) is 72.1 Å². The first-order chi connectivity index (χ1) is 16.7. The molecule has 1 atom stereocenters. The fourth-order valence-corrected chi connectivity index (χ4v) is 5.54. The Morgan fingerprint density at radius 2 is 1.68 bits per heavy atom. The fraction of sp³-hybridized carbons (Fsp3) is 0.296. The van der Waals surface area contributed by atoms with E-state index < -0.39 is 0 Å². The minimum Gasteiger partial charge on any atom is -0.297 e. The first-order valence-electron chi connectivity index (χ1n) is 11.8. The molecule has 2 aromatic carbocycles. The van der Waals surface area contributed by atoms with E-state index in [9.17, 15) is 0 Å². The van der Waals surface area contributed by atoms with Crippen LogP contribution in [0.4, 0.5) is 0 Å². The Kier molecular flexibility index (Phi) is 6.94. The number of benzene rings is 2. The van der Waals surface area contributed by atoms with Gasteiger partial charge in [0.2, 0.25) is 0 Å². The van der Waals surface area contributed by atoms with Crippen LogP contribution in [0.25, 0.3) is 11.8 Å². The van der Waals surface area contributed by atoms with Crippen molar-refractivity contribution in [3.05, 3.63) is 99.5 Å². The van der Waals surface area contributed by atoms with Crippen LogP contribution in [0.1, 0.15) is 33.4 Å². The van der Waals surface area contributed by atoms with E-state index in [0.29, 0.717) is 0 Å². The minimum absolute atomic E-state index is 0.0380. The Labute approximate surface area is 205 Å². The van der Waals surface area contributed by atoms with Gasteiger partial charge in [0.15, 0.2) is 5.82 Å². The number of thiophene rings is 1. The van der Waals surface area contributed by atoms with Crippen molar-refractivity contribution in [2.45, 2.75) is 19.9 Å². The third kappa shape index (κ3) is 4.87. The highest BCUT2D eigenvalue weighted by molar-refractivity contribution is 7.10. The maximum Gasteiger partial charge on any atom is 0.179 e. The van der Waals surface area contributed by atoms with E-state index in [2.05, 4.69) is 117 Å². The molecule has 1 aliphatic heterocycles. The van der Waals surface area contributed by atoms with Crippen molar-refractivity contribution in [1.29, 1.82) is 0 Å². The van der Waals surface area contributed by atoms with Gasteiger partial charge < -0.3 is 0 Å². The molecule has 2 aromatic heterocycles. The molecule has 0 radical (unpaired) electrons. The molecule has 0 aliphatic carbocycles. The summed E-state index contributed by atoms with van der Waals surface area (Å²) in [7, 11) is 0.